The zero-order valence-corrected chi connectivity index (χ0v) is 8.07. The average Bonchev–Trinajstić information content (AvgIpc) is 2.10. The van der Waals surface area contributed by atoms with Gasteiger partial charge in [0.25, 0.3) is 0 Å². The number of hydrogen-bond donors (Lipinski definition) is 0. The van der Waals surface area contributed by atoms with Crippen LogP contribution in [-0.4, -0.2) is 13.1 Å². The Hall–Kier alpha value is -1.16. The van der Waals surface area contributed by atoms with E-state index in [0.29, 0.717) is 0 Å². The monoisotopic (exact) mass is 220 g/mol. The van der Waals surface area contributed by atoms with Crippen LogP contribution in [0.1, 0.15) is 5.56 Å². The zero-order chi connectivity index (χ0) is 10.7. The van der Waals surface area contributed by atoms with Gasteiger partial charge in [-0.15, -0.1) is 0 Å². The van der Waals surface area contributed by atoms with E-state index in [4.69, 9.17) is 11.6 Å². The minimum atomic E-state index is -0.847. The van der Waals surface area contributed by atoms with Gasteiger partial charge < -0.3 is 4.74 Å². The second-order valence-electron chi connectivity index (χ2n) is 2.60. The molecule has 0 aliphatic rings. The largest absolute Gasteiger partial charge is 0.469 e. The first-order valence-electron chi connectivity index (χ1n) is 3.75. The van der Waals surface area contributed by atoms with Gasteiger partial charge in [-0.1, -0.05) is 11.6 Å². The number of methoxy groups -OCH3 is 1. The summed E-state index contributed by atoms with van der Waals surface area (Å²) in [4.78, 5) is 10.8. The summed E-state index contributed by atoms with van der Waals surface area (Å²) in [6, 6.07) is 1.89. The van der Waals surface area contributed by atoms with E-state index in [0.717, 1.165) is 19.2 Å². The average molecular weight is 221 g/mol. The molecule has 0 aliphatic heterocycles. The Morgan fingerprint density at radius 2 is 1.93 bits per heavy atom. The van der Waals surface area contributed by atoms with Gasteiger partial charge in [-0.05, 0) is 12.1 Å². The van der Waals surface area contributed by atoms with Gasteiger partial charge in [0.15, 0.2) is 0 Å². The third-order valence-electron chi connectivity index (χ3n) is 1.65. The fraction of sp³-hybridized carbons (Fsp3) is 0.222. The Morgan fingerprint density at radius 3 is 2.36 bits per heavy atom. The molecule has 1 aromatic carbocycles. The summed E-state index contributed by atoms with van der Waals surface area (Å²) in [6.07, 6.45) is -0.439. The minimum absolute atomic E-state index is 0.0476. The van der Waals surface area contributed by atoms with Crippen molar-refractivity contribution >= 4 is 17.6 Å². The lowest BCUT2D eigenvalue weighted by atomic mass is 10.1. The molecule has 0 saturated heterocycles. The lowest BCUT2D eigenvalue weighted by Crippen LogP contribution is -2.08. The fourth-order valence-electron chi connectivity index (χ4n) is 0.957. The van der Waals surface area contributed by atoms with Crippen LogP contribution in [0.3, 0.4) is 0 Å². The maximum absolute atomic E-state index is 13.1. The van der Waals surface area contributed by atoms with Crippen molar-refractivity contribution in [2.45, 2.75) is 6.42 Å². The molecule has 0 saturated carbocycles. The molecule has 1 aromatic rings. The van der Waals surface area contributed by atoms with Crippen molar-refractivity contribution in [2.75, 3.05) is 7.11 Å². The first-order valence-corrected chi connectivity index (χ1v) is 4.12. The second-order valence-corrected chi connectivity index (χ2v) is 3.04. The molecule has 0 unspecified atom stereocenters. The Kier molecular flexibility index (Phi) is 3.41. The molecule has 0 N–H and O–H groups in total. The van der Waals surface area contributed by atoms with Crippen LogP contribution in [-0.2, 0) is 16.0 Å². The van der Waals surface area contributed by atoms with Crippen LogP contribution in [0.15, 0.2) is 12.1 Å². The topological polar surface area (TPSA) is 26.3 Å². The molecule has 0 heterocycles. The minimum Gasteiger partial charge on any atom is -0.469 e. The van der Waals surface area contributed by atoms with Crippen LogP contribution >= 0.6 is 11.6 Å². The summed E-state index contributed by atoms with van der Waals surface area (Å²) in [6.45, 7) is 0. The first kappa shape index (κ1) is 10.9. The predicted molar refractivity (Wildman–Crippen MR) is 47.1 cm³/mol. The third-order valence-corrected chi connectivity index (χ3v) is 1.87. The first-order chi connectivity index (χ1) is 6.54. The molecule has 0 aliphatic carbocycles. The van der Waals surface area contributed by atoms with Gasteiger partial charge in [-0.25, -0.2) is 8.78 Å². The molecule has 0 radical (unpaired) electrons. The van der Waals surface area contributed by atoms with Crippen molar-refractivity contribution in [3.05, 3.63) is 34.4 Å². The van der Waals surface area contributed by atoms with Crippen LogP contribution in [0, 0.1) is 11.6 Å². The van der Waals surface area contributed by atoms with E-state index in [2.05, 4.69) is 4.74 Å². The summed E-state index contributed by atoms with van der Waals surface area (Å²) in [5, 5.41) is -0.0476. The molecule has 1 rings (SSSR count). The Labute approximate surface area is 84.4 Å². The molecule has 0 fully saturated rings. The van der Waals surface area contributed by atoms with Crippen molar-refractivity contribution in [3.8, 4) is 0 Å². The van der Waals surface area contributed by atoms with Gasteiger partial charge in [0, 0.05) is 10.6 Å². The quantitative estimate of drug-likeness (QED) is 0.715. The number of halogens is 3. The summed E-state index contributed by atoms with van der Waals surface area (Å²) in [7, 11) is 1.15. The number of benzene rings is 1. The number of rotatable bonds is 2. The highest BCUT2D eigenvalue weighted by Gasteiger charge is 2.14. The van der Waals surface area contributed by atoms with Crippen LogP contribution in [0.2, 0.25) is 5.02 Å². The van der Waals surface area contributed by atoms with Gasteiger partial charge in [-0.2, -0.15) is 0 Å². The van der Waals surface area contributed by atoms with Crippen molar-refractivity contribution in [2.24, 2.45) is 0 Å². The molecule has 0 atom stereocenters. The third kappa shape index (κ3) is 2.42. The molecule has 0 bridgehead atoms. The summed E-state index contributed by atoms with van der Waals surface area (Å²) >= 11 is 5.40. The Morgan fingerprint density at radius 1 is 1.43 bits per heavy atom. The number of carbonyl (C=O) groups is 1. The number of ether oxygens (including phenoxy) is 1. The summed E-state index contributed by atoms with van der Waals surface area (Å²) in [5.41, 5.74) is -0.332. The van der Waals surface area contributed by atoms with Crippen molar-refractivity contribution in [3.63, 3.8) is 0 Å². The van der Waals surface area contributed by atoms with E-state index >= 15 is 0 Å². The van der Waals surface area contributed by atoms with Crippen molar-refractivity contribution in [1.82, 2.24) is 0 Å². The molecule has 5 heteroatoms. The Bertz CT molecular complexity index is 343. The Balaban J connectivity index is 3.02. The highest BCUT2D eigenvalue weighted by atomic mass is 35.5. The smallest absolute Gasteiger partial charge is 0.310 e. The molecule has 0 spiro atoms. The normalized spacial score (nSPS) is 10.0. The SMILES string of the molecule is COC(=O)Cc1c(F)cc(Cl)cc1F. The molecule has 2 nitrogen and oxygen atoms in total. The van der Waals surface area contributed by atoms with Gasteiger partial charge in [-0.3, -0.25) is 4.79 Å². The molecule has 14 heavy (non-hydrogen) atoms. The number of esters is 1. The van der Waals surface area contributed by atoms with Crippen LogP contribution in [0.25, 0.3) is 0 Å². The predicted octanol–water partition coefficient (Wildman–Crippen LogP) is 2.33. The van der Waals surface area contributed by atoms with Gasteiger partial charge in [0.1, 0.15) is 11.6 Å². The highest BCUT2D eigenvalue weighted by molar-refractivity contribution is 6.30. The molecule has 0 amide bonds. The fourth-order valence-corrected chi connectivity index (χ4v) is 1.15. The van der Waals surface area contributed by atoms with Gasteiger partial charge >= 0.3 is 5.97 Å². The van der Waals surface area contributed by atoms with Gasteiger partial charge in [0.05, 0.1) is 13.5 Å². The second kappa shape index (κ2) is 4.37. The van der Waals surface area contributed by atoms with E-state index in [9.17, 15) is 13.6 Å². The van der Waals surface area contributed by atoms with E-state index in [1.165, 1.54) is 0 Å². The molecule has 0 aromatic heterocycles. The highest BCUT2D eigenvalue weighted by Crippen LogP contribution is 2.19. The lowest BCUT2D eigenvalue weighted by molar-refractivity contribution is -0.139. The van der Waals surface area contributed by atoms with Crippen LogP contribution in [0.5, 0.6) is 0 Å². The van der Waals surface area contributed by atoms with E-state index in [-0.39, 0.29) is 10.6 Å². The van der Waals surface area contributed by atoms with E-state index in [1.807, 2.05) is 0 Å². The van der Waals surface area contributed by atoms with Crippen molar-refractivity contribution in [1.29, 1.82) is 0 Å². The zero-order valence-electron chi connectivity index (χ0n) is 7.31. The maximum atomic E-state index is 13.1. The van der Waals surface area contributed by atoms with Crippen LogP contribution in [0.4, 0.5) is 8.78 Å². The maximum Gasteiger partial charge on any atom is 0.310 e. The number of hydrogen-bond acceptors (Lipinski definition) is 2. The van der Waals surface area contributed by atoms with E-state index in [1.54, 1.807) is 0 Å². The van der Waals surface area contributed by atoms with E-state index < -0.39 is 24.0 Å². The lowest BCUT2D eigenvalue weighted by Gasteiger charge is -2.03. The molecule has 76 valence electrons. The van der Waals surface area contributed by atoms with Crippen molar-refractivity contribution < 1.29 is 18.3 Å². The standard InChI is InChI=1S/C9H7ClF2O2/c1-14-9(13)4-6-7(11)2-5(10)3-8(6)12/h2-3H,4H2,1H3. The summed E-state index contributed by atoms with van der Waals surface area (Å²) in [5.74, 6) is -2.40. The van der Waals surface area contributed by atoms with Gasteiger partial charge in [0.2, 0.25) is 0 Å². The summed E-state index contributed by atoms with van der Waals surface area (Å²) < 4.78 is 30.4. The van der Waals surface area contributed by atoms with Crippen LogP contribution < -0.4 is 0 Å². The molecular weight excluding hydrogens is 214 g/mol. The molecular formula is C9H7ClF2O2. The number of carbonyl (C=O) groups excluding carboxylic acids is 1.